The van der Waals surface area contributed by atoms with Crippen molar-refractivity contribution in [3.63, 3.8) is 0 Å². The zero-order valence-corrected chi connectivity index (χ0v) is 12.3. The lowest BCUT2D eigenvalue weighted by Crippen LogP contribution is -2.33. The fourth-order valence-electron chi connectivity index (χ4n) is 2.05. The van der Waals surface area contributed by atoms with E-state index in [1.54, 1.807) is 16.6 Å². The van der Waals surface area contributed by atoms with E-state index in [4.69, 9.17) is 0 Å². The first-order valence-corrected chi connectivity index (χ1v) is 8.21. The quantitative estimate of drug-likeness (QED) is 0.830. The van der Waals surface area contributed by atoms with E-state index in [-0.39, 0.29) is 4.90 Å². The molecular formula is C13H21N3O2S. The van der Waals surface area contributed by atoms with Crippen LogP contribution < -0.4 is 5.32 Å². The number of hydrogen-bond donors (Lipinski definition) is 1. The minimum Gasteiger partial charge on any atom is -0.384 e. The third-order valence-corrected chi connectivity index (χ3v) is 5.25. The van der Waals surface area contributed by atoms with Gasteiger partial charge in [-0.2, -0.15) is 4.31 Å². The van der Waals surface area contributed by atoms with Crippen molar-refractivity contribution in [1.82, 2.24) is 9.29 Å². The summed E-state index contributed by atoms with van der Waals surface area (Å²) in [4.78, 5) is 4.24. The standard InChI is InChI=1S/C13H21N3O2S/c1-3-15-12-7-8-14-9-13(12)19(17,18)16(4-2)10-11-5-6-11/h7-9,11H,3-6,10H2,1-2H3,(H,14,15). The van der Waals surface area contributed by atoms with E-state index < -0.39 is 10.0 Å². The molecule has 2 rings (SSSR count). The molecule has 1 aromatic rings. The Balaban J connectivity index is 2.31. The number of rotatable bonds is 7. The summed E-state index contributed by atoms with van der Waals surface area (Å²) in [5.41, 5.74) is 0.631. The molecular weight excluding hydrogens is 262 g/mol. The molecule has 0 amide bonds. The molecule has 0 aliphatic heterocycles. The summed E-state index contributed by atoms with van der Waals surface area (Å²) in [6.45, 7) is 5.63. The lowest BCUT2D eigenvalue weighted by Gasteiger charge is -2.21. The van der Waals surface area contributed by atoms with Gasteiger partial charge in [0.25, 0.3) is 0 Å². The molecule has 0 atom stereocenters. The van der Waals surface area contributed by atoms with Crippen LogP contribution in [0.1, 0.15) is 26.7 Å². The van der Waals surface area contributed by atoms with E-state index >= 15 is 0 Å². The van der Waals surface area contributed by atoms with Crippen LogP contribution in [0.3, 0.4) is 0 Å². The van der Waals surface area contributed by atoms with Crippen molar-refractivity contribution in [3.05, 3.63) is 18.5 Å². The van der Waals surface area contributed by atoms with Gasteiger partial charge in [0.05, 0.1) is 5.69 Å². The molecule has 1 fully saturated rings. The fourth-order valence-corrected chi connectivity index (χ4v) is 3.68. The normalized spacial score (nSPS) is 15.7. The first-order valence-electron chi connectivity index (χ1n) is 6.77. The Kier molecular flexibility index (Phi) is 4.42. The number of nitrogens with one attached hydrogen (secondary N) is 1. The molecule has 106 valence electrons. The van der Waals surface area contributed by atoms with Crippen molar-refractivity contribution in [2.45, 2.75) is 31.6 Å². The molecule has 0 spiro atoms. The average Bonchev–Trinajstić information content (AvgIpc) is 3.20. The Labute approximate surface area is 115 Å². The van der Waals surface area contributed by atoms with Gasteiger partial charge >= 0.3 is 0 Å². The second-order valence-electron chi connectivity index (χ2n) is 4.80. The van der Waals surface area contributed by atoms with Crippen LogP contribution >= 0.6 is 0 Å². The monoisotopic (exact) mass is 283 g/mol. The third-order valence-electron chi connectivity index (χ3n) is 3.28. The van der Waals surface area contributed by atoms with Crippen molar-refractivity contribution in [2.24, 2.45) is 5.92 Å². The molecule has 1 saturated carbocycles. The lowest BCUT2D eigenvalue weighted by atomic mass is 10.4. The molecule has 1 aromatic heterocycles. The zero-order valence-electron chi connectivity index (χ0n) is 11.5. The predicted octanol–water partition coefficient (Wildman–Crippen LogP) is 1.93. The highest BCUT2D eigenvalue weighted by Crippen LogP contribution is 2.32. The highest BCUT2D eigenvalue weighted by atomic mass is 32.2. The highest BCUT2D eigenvalue weighted by Gasteiger charge is 2.32. The number of sulfonamides is 1. The topological polar surface area (TPSA) is 62.3 Å². The third kappa shape index (κ3) is 3.25. The van der Waals surface area contributed by atoms with Crippen LogP contribution in [0.15, 0.2) is 23.4 Å². The van der Waals surface area contributed by atoms with E-state index in [2.05, 4.69) is 10.3 Å². The van der Waals surface area contributed by atoms with Gasteiger partial charge in [0, 0.05) is 32.0 Å². The molecule has 5 nitrogen and oxygen atoms in total. The van der Waals surface area contributed by atoms with E-state index in [1.165, 1.54) is 6.20 Å². The SMILES string of the molecule is CCNc1ccncc1S(=O)(=O)N(CC)CC1CC1. The summed E-state index contributed by atoms with van der Waals surface area (Å²) in [7, 11) is -3.45. The predicted molar refractivity (Wildman–Crippen MR) is 75.6 cm³/mol. The molecule has 0 aromatic carbocycles. The summed E-state index contributed by atoms with van der Waals surface area (Å²) in [5, 5.41) is 3.08. The summed E-state index contributed by atoms with van der Waals surface area (Å²) >= 11 is 0. The maximum atomic E-state index is 12.7. The van der Waals surface area contributed by atoms with Gasteiger partial charge in [-0.05, 0) is 31.7 Å². The van der Waals surface area contributed by atoms with E-state index in [0.717, 1.165) is 12.8 Å². The minimum absolute atomic E-state index is 0.277. The van der Waals surface area contributed by atoms with Crippen LogP contribution in [0.25, 0.3) is 0 Å². The van der Waals surface area contributed by atoms with E-state index in [1.807, 2.05) is 13.8 Å². The summed E-state index contributed by atoms with van der Waals surface area (Å²) < 4.78 is 26.9. The zero-order chi connectivity index (χ0) is 13.9. The van der Waals surface area contributed by atoms with Crippen LogP contribution in [0.4, 0.5) is 5.69 Å². The largest absolute Gasteiger partial charge is 0.384 e. The molecule has 1 aliphatic rings. The summed E-state index contributed by atoms with van der Waals surface area (Å²) in [5.74, 6) is 0.536. The number of hydrogen-bond acceptors (Lipinski definition) is 4. The smallest absolute Gasteiger partial charge is 0.246 e. The Morgan fingerprint density at radius 1 is 1.42 bits per heavy atom. The molecule has 1 heterocycles. The summed E-state index contributed by atoms with van der Waals surface area (Å²) in [6.07, 6.45) is 5.31. The van der Waals surface area contributed by atoms with Gasteiger partial charge in [-0.3, -0.25) is 4.98 Å². The van der Waals surface area contributed by atoms with Crippen LogP contribution in [0.2, 0.25) is 0 Å². The van der Waals surface area contributed by atoms with Gasteiger partial charge in [0.1, 0.15) is 4.90 Å². The van der Waals surface area contributed by atoms with Crippen molar-refractivity contribution >= 4 is 15.7 Å². The molecule has 19 heavy (non-hydrogen) atoms. The fraction of sp³-hybridized carbons (Fsp3) is 0.615. The Morgan fingerprint density at radius 3 is 2.74 bits per heavy atom. The highest BCUT2D eigenvalue weighted by molar-refractivity contribution is 7.89. The van der Waals surface area contributed by atoms with Gasteiger partial charge in [0.2, 0.25) is 10.0 Å². The molecule has 1 N–H and O–H groups in total. The van der Waals surface area contributed by atoms with Crippen molar-refractivity contribution in [2.75, 3.05) is 25.0 Å². The minimum atomic E-state index is -3.45. The van der Waals surface area contributed by atoms with Gasteiger partial charge < -0.3 is 5.32 Å². The molecule has 0 bridgehead atoms. The van der Waals surface area contributed by atoms with Crippen molar-refractivity contribution in [1.29, 1.82) is 0 Å². The maximum absolute atomic E-state index is 12.7. The van der Waals surface area contributed by atoms with Crippen LogP contribution in [-0.4, -0.2) is 37.3 Å². The van der Waals surface area contributed by atoms with Crippen LogP contribution in [0.5, 0.6) is 0 Å². The van der Waals surface area contributed by atoms with Gasteiger partial charge in [-0.25, -0.2) is 8.42 Å². The van der Waals surface area contributed by atoms with Crippen molar-refractivity contribution < 1.29 is 8.42 Å². The Morgan fingerprint density at radius 2 is 2.16 bits per heavy atom. The summed E-state index contributed by atoms with van der Waals surface area (Å²) in [6, 6.07) is 1.71. The van der Waals surface area contributed by atoms with Gasteiger partial charge in [0.15, 0.2) is 0 Å². The number of nitrogens with zero attached hydrogens (tertiary/aromatic N) is 2. The number of aromatic nitrogens is 1. The maximum Gasteiger partial charge on any atom is 0.246 e. The first-order chi connectivity index (χ1) is 9.09. The second kappa shape index (κ2) is 5.88. The first kappa shape index (κ1) is 14.3. The van der Waals surface area contributed by atoms with E-state index in [0.29, 0.717) is 31.2 Å². The number of anilines is 1. The number of pyridine rings is 1. The molecule has 1 aliphatic carbocycles. The van der Waals surface area contributed by atoms with Crippen molar-refractivity contribution in [3.8, 4) is 0 Å². The van der Waals surface area contributed by atoms with Crippen LogP contribution in [-0.2, 0) is 10.0 Å². The second-order valence-corrected chi connectivity index (χ2v) is 6.71. The average molecular weight is 283 g/mol. The van der Waals surface area contributed by atoms with Gasteiger partial charge in [-0.1, -0.05) is 6.92 Å². The molecule has 0 saturated heterocycles. The lowest BCUT2D eigenvalue weighted by molar-refractivity contribution is 0.412. The molecule has 6 heteroatoms. The molecule has 0 unspecified atom stereocenters. The Hall–Kier alpha value is -1.14. The van der Waals surface area contributed by atoms with Crippen LogP contribution in [0, 0.1) is 5.92 Å². The Bertz CT molecular complexity index is 526. The van der Waals surface area contributed by atoms with E-state index in [9.17, 15) is 8.42 Å². The molecule has 0 radical (unpaired) electrons. The van der Waals surface area contributed by atoms with Gasteiger partial charge in [-0.15, -0.1) is 0 Å².